The Bertz CT molecular complexity index is 553. The number of likely N-dealkylation sites (tertiary alicyclic amines) is 1. The largest absolute Gasteiger partial charge is 0.369 e. The van der Waals surface area contributed by atoms with Gasteiger partial charge in [0.15, 0.2) is 0 Å². The number of hydrogen-bond donors (Lipinski definition) is 2. The highest BCUT2D eigenvalue weighted by molar-refractivity contribution is 7.98. The van der Waals surface area contributed by atoms with Gasteiger partial charge in [0, 0.05) is 23.0 Å². The van der Waals surface area contributed by atoms with E-state index in [1.807, 2.05) is 12.3 Å². The van der Waals surface area contributed by atoms with Crippen molar-refractivity contribution in [2.45, 2.75) is 17.7 Å². The molecule has 0 bridgehead atoms. The van der Waals surface area contributed by atoms with Gasteiger partial charge in [-0.15, -0.1) is 11.8 Å². The molecule has 0 aromatic heterocycles. The Balaban J connectivity index is 2.07. The summed E-state index contributed by atoms with van der Waals surface area (Å²) in [7, 11) is 0. The van der Waals surface area contributed by atoms with Crippen LogP contribution in [0, 0.1) is 5.92 Å². The van der Waals surface area contributed by atoms with Gasteiger partial charge in [-0.25, -0.2) is 4.79 Å². The van der Waals surface area contributed by atoms with E-state index in [2.05, 4.69) is 5.32 Å². The van der Waals surface area contributed by atoms with Gasteiger partial charge in [0.05, 0.1) is 11.6 Å². The van der Waals surface area contributed by atoms with Crippen LogP contribution in [0.3, 0.4) is 0 Å². The lowest BCUT2D eigenvalue weighted by Crippen LogP contribution is -2.45. The zero-order valence-electron chi connectivity index (χ0n) is 11.8. The normalized spacial score (nSPS) is 18.4. The molecular weight excluding hydrogens is 310 g/mol. The topological polar surface area (TPSA) is 75.4 Å². The summed E-state index contributed by atoms with van der Waals surface area (Å²) >= 11 is 7.50. The van der Waals surface area contributed by atoms with Gasteiger partial charge in [-0.05, 0) is 37.3 Å². The highest BCUT2D eigenvalue weighted by Gasteiger charge is 2.27. The monoisotopic (exact) mass is 327 g/mol. The number of halogens is 1. The van der Waals surface area contributed by atoms with E-state index in [4.69, 9.17) is 17.3 Å². The minimum Gasteiger partial charge on any atom is -0.369 e. The van der Waals surface area contributed by atoms with Gasteiger partial charge in [-0.1, -0.05) is 11.6 Å². The van der Waals surface area contributed by atoms with Crippen LogP contribution in [0.1, 0.15) is 12.8 Å². The number of urea groups is 1. The first-order chi connectivity index (χ1) is 10.0. The summed E-state index contributed by atoms with van der Waals surface area (Å²) in [4.78, 5) is 26.2. The third kappa shape index (κ3) is 4.04. The summed E-state index contributed by atoms with van der Waals surface area (Å²) in [5.41, 5.74) is 6.01. The molecule has 0 saturated carbocycles. The van der Waals surface area contributed by atoms with Crippen LogP contribution in [-0.2, 0) is 4.79 Å². The van der Waals surface area contributed by atoms with Crippen molar-refractivity contribution in [1.82, 2.24) is 4.90 Å². The molecule has 0 radical (unpaired) electrons. The average Bonchev–Trinajstić information content (AvgIpc) is 2.47. The molecule has 0 spiro atoms. The Morgan fingerprint density at radius 3 is 2.90 bits per heavy atom. The zero-order chi connectivity index (χ0) is 15.4. The molecule has 7 heteroatoms. The maximum atomic E-state index is 12.3. The van der Waals surface area contributed by atoms with Crippen molar-refractivity contribution in [3.05, 3.63) is 23.2 Å². The summed E-state index contributed by atoms with van der Waals surface area (Å²) in [6, 6.07) is 5.15. The molecule has 3 amide bonds. The quantitative estimate of drug-likeness (QED) is 0.838. The van der Waals surface area contributed by atoms with Crippen molar-refractivity contribution in [3.63, 3.8) is 0 Å². The fraction of sp³-hybridized carbons (Fsp3) is 0.429. The number of rotatable bonds is 3. The van der Waals surface area contributed by atoms with Gasteiger partial charge in [-0.3, -0.25) is 4.79 Å². The zero-order valence-corrected chi connectivity index (χ0v) is 13.3. The smallest absolute Gasteiger partial charge is 0.321 e. The van der Waals surface area contributed by atoms with Crippen LogP contribution in [0.25, 0.3) is 0 Å². The van der Waals surface area contributed by atoms with E-state index in [0.29, 0.717) is 23.8 Å². The van der Waals surface area contributed by atoms with Crippen molar-refractivity contribution >= 4 is 41.0 Å². The van der Waals surface area contributed by atoms with E-state index in [1.165, 1.54) is 11.8 Å². The molecule has 1 heterocycles. The lowest BCUT2D eigenvalue weighted by atomic mass is 9.98. The van der Waals surface area contributed by atoms with Gasteiger partial charge in [0.2, 0.25) is 5.91 Å². The van der Waals surface area contributed by atoms with Crippen LogP contribution < -0.4 is 11.1 Å². The van der Waals surface area contributed by atoms with Crippen LogP contribution >= 0.6 is 23.4 Å². The van der Waals surface area contributed by atoms with Crippen LogP contribution in [0.15, 0.2) is 23.1 Å². The predicted octanol–water partition coefficient (Wildman–Crippen LogP) is 2.79. The highest BCUT2D eigenvalue weighted by atomic mass is 35.5. The molecule has 1 aliphatic rings. The summed E-state index contributed by atoms with van der Waals surface area (Å²) in [6.07, 6.45) is 3.46. The minimum atomic E-state index is -0.347. The van der Waals surface area contributed by atoms with Gasteiger partial charge in [0.25, 0.3) is 0 Å². The van der Waals surface area contributed by atoms with Crippen LogP contribution in [0.2, 0.25) is 5.02 Å². The van der Waals surface area contributed by atoms with E-state index in [1.54, 1.807) is 17.0 Å². The lowest BCUT2D eigenvalue weighted by Gasteiger charge is -2.31. The number of carbonyl (C=O) groups excluding carboxylic acids is 2. The molecule has 1 fully saturated rings. The van der Waals surface area contributed by atoms with Crippen molar-refractivity contribution in [2.75, 3.05) is 24.7 Å². The van der Waals surface area contributed by atoms with Crippen molar-refractivity contribution in [1.29, 1.82) is 0 Å². The van der Waals surface area contributed by atoms with Gasteiger partial charge >= 0.3 is 6.03 Å². The molecule has 3 N–H and O–H groups in total. The van der Waals surface area contributed by atoms with Gasteiger partial charge in [0.1, 0.15) is 0 Å². The van der Waals surface area contributed by atoms with Crippen LogP contribution in [0.5, 0.6) is 0 Å². The first-order valence-corrected chi connectivity index (χ1v) is 8.30. The molecule has 1 aliphatic heterocycles. The second kappa shape index (κ2) is 7.04. The number of nitrogens with two attached hydrogens (primary N) is 1. The van der Waals surface area contributed by atoms with Crippen LogP contribution in [-0.4, -0.2) is 36.2 Å². The fourth-order valence-electron chi connectivity index (χ4n) is 2.37. The SMILES string of the molecule is CSc1ccc(Cl)cc1NC(=O)N1CCC[C@@H](C(N)=O)C1. The maximum absolute atomic E-state index is 12.3. The van der Waals surface area contributed by atoms with Gasteiger partial charge < -0.3 is 16.0 Å². The maximum Gasteiger partial charge on any atom is 0.321 e. The molecule has 0 aliphatic carbocycles. The van der Waals surface area contributed by atoms with Crippen molar-refractivity contribution in [2.24, 2.45) is 11.7 Å². The molecule has 2 rings (SSSR count). The first-order valence-electron chi connectivity index (χ1n) is 6.70. The van der Waals surface area contributed by atoms with E-state index < -0.39 is 0 Å². The summed E-state index contributed by atoms with van der Waals surface area (Å²) < 4.78 is 0. The third-order valence-electron chi connectivity index (χ3n) is 3.51. The summed E-state index contributed by atoms with van der Waals surface area (Å²) in [6.45, 7) is 1.00. The second-order valence-corrected chi connectivity index (χ2v) is 6.25. The number of piperidine rings is 1. The van der Waals surface area contributed by atoms with E-state index in [0.717, 1.165) is 17.7 Å². The van der Waals surface area contributed by atoms with E-state index in [-0.39, 0.29) is 17.9 Å². The van der Waals surface area contributed by atoms with E-state index >= 15 is 0 Å². The molecule has 1 atom stereocenters. The van der Waals surface area contributed by atoms with Crippen LogP contribution in [0.4, 0.5) is 10.5 Å². The van der Waals surface area contributed by atoms with Crippen molar-refractivity contribution in [3.8, 4) is 0 Å². The Labute approximate surface area is 133 Å². The average molecular weight is 328 g/mol. The third-order valence-corrected chi connectivity index (χ3v) is 4.55. The number of nitrogens with zero attached hydrogens (tertiary/aromatic N) is 1. The molecular formula is C14H18ClN3O2S. The highest BCUT2D eigenvalue weighted by Crippen LogP contribution is 2.29. The minimum absolute atomic E-state index is 0.224. The Kier molecular flexibility index (Phi) is 5.36. The summed E-state index contributed by atoms with van der Waals surface area (Å²) in [5, 5.41) is 3.43. The molecule has 0 unspecified atom stereocenters. The number of nitrogens with one attached hydrogen (secondary N) is 1. The number of benzene rings is 1. The molecule has 5 nitrogen and oxygen atoms in total. The standard InChI is InChI=1S/C14H18ClN3O2S/c1-21-12-5-4-10(15)7-11(12)17-14(20)18-6-2-3-9(8-18)13(16)19/h4-5,7,9H,2-3,6,8H2,1H3,(H2,16,19)(H,17,20)/t9-/m1/s1. The first kappa shape index (κ1) is 16.0. The Morgan fingerprint density at radius 2 is 2.24 bits per heavy atom. The Morgan fingerprint density at radius 1 is 1.48 bits per heavy atom. The Hall–Kier alpha value is -1.40. The molecule has 1 aromatic carbocycles. The molecule has 21 heavy (non-hydrogen) atoms. The van der Waals surface area contributed by atoms with Crippen molar-refractivity contribution < 1.29 is 9.59 Å². The number of primary amides is 1. The van der Waals surface area contributed by atoms with E-state index in [9.17, 15) is 9.59 Å². The molecule has 114 valence electrons. The number of hydrogen-bond acceptors (Lipinski definition) is 3. The number of carbonyl (C=O) groups is 2. The molecule has 1 aromatic rings. The molecule has 1 saturated heterocycles. The lowest BCUT2D eigenvalue weighted by molar-refractivity contribution is -0.123. The summed E-state index contributed by atoms with van der Waals surface area (Å²) in [5.74, 6) is -0.607. The van der Waals surface area contributed by atoms with Gasteiger partial charge in [-0.2, -0.15) is 0 Å². The predicted molar refractivity (Wildman–Crippen MR) is 85.7 cm³/mol. The number of anilines is 1. The number of amides is 3. The fourth-order valence-corrected chi connectivity index (χ4v) is 3.07. The second-order valence-electron chi connectivity index (χ2n) is 4.96. The number of thioether (sulfide) groups is 1.